The van der Waals surface area contributed by atoms with Gasteiger partial charge in [0.25, 0.3) is 5.91 Å². The minimum absolute atomic E-state index is 0.0345. The van der Waals surface area contributed by atoms with Crippen LogP contribution >= 0.6 is 0 Å². The van der Waals surface area contributed by atoms with Crippen LogP contribution in [0.3, 0.4) is 0 Å². The molecule has 2 N–H and O–H groups in total. The van der Waals surface area contributed by atoms with E-state index in [0.717, 1.165) is 25.3 Å². The minimum Gasteiger partial charge on any atom is -0.383 e. The van der Waals surface area contributed by atoms with Crippen molar-refractivity contribution in [2.24, 2.45) is 0 Å². The lowest BCUT2D eigenvalue weighted by molar-refractivity contribution is 0.0953. The first-order valence-electron chi connectivity index (χ1n) is 7.94. The highest BCUT2D eigenvalue weighted by atomic mass is 16.5. The lowest BCUT2D eigenvalue weighted by Crippen LogP contribution is -2.33. The lowest BCUT2D eigenvalue weighted by atomic mass is 10.1. The molecule has 0 fully saturated rings. The summed E-state index contributed by atoms with van der Waals surface area (Å²) in [4.78, 5) is 14.3. The molecule has 0 saturated heterocycles. The Balaban J connectivity index is 2.43. The fourth-order valence-corrected chi connectivity index (χ4v) is 2.32. The van der Waals surface area contributed by atoms with Crippen LogP contribution in [0, 0.1) is 0 Å². The third-order valence-electron chi connectivity index (χ3n) is 3.50. The molecule has 0 heterocycles. The Labute approximate surface area is 134 Å². The maximum atomic E-state index is 12.0. The summed E-state index contributed by atoms with van der Waals surface area (Å²) in [6.45, 7) is 10.2. The molecule has 22 heavy (non-hydrogen) atoms. The van der Waals surface area contributed by atoms with Gasteiger partial charge in [-0.05, 0) is 45.0 Å². The molecule has 5 nitrogen and oxygen atoms in total. The second kappa shape index (κ2) is 10.2. The zero-order chi connectivity index (χ0) is 16.4. The average molecular weight is 307 g/mol. The average Bonchev–Trinajstić information content (AvgIpc) is 2.51. The van der Waals surface area contributed by atoms with Crippen LogP contribution in [0.2, 0.25) is 0 Å². The summed E-state index contributed by atoms with van der Waals surface area (Å²) >= 11 is 0. The van der Waals surface area contributed by atoms with E-state index in [1.807, 2.05) is 24.3 Å². The molecule has 0 spiro atoms. The van der Waals surface area contributed by atoms with E-state index in [0.29, 0.717) is 24.8 Å². The van der Waals surface area contributed by atoms with E-state index < -0.39 is 0 Å². The number of methoxy groups -OCH3 is 1. The monoisotopic (exact) mass is 307 g/mol. The Hall–Kier alpha value is -1.59. The van der Waals surface area contributed by atoms with Crippen LogP contribution in [0.1, 0.15) is 31.1 Å². The van der Waals surface area contributed by atoms with Crippen LogP contribution in [0.25, 0.3) is 0 Å². The number of benzene rings is 1. The van der Waals surface area contributed by atoms with Crippen LogP contribution < -0.4 is 15.5 Å². The highest BCUT2D eigenvalue weighted by molar-refractivity contribution is 5.94. The molecule has 0 atom stereocenters. The Bertz CT molecular complexity index is 432. The van der Waals surface area contributed by atoms with Gasteiger partial charge in [0.05, 0.1) is 6.61 Å². The van der Waals surface area contributed by atoms with Gasteiger partial charge >= 0.3 is 0 Å². The SMILES string of the molecule is CCN(c1ccc(C(=O)NCCNCCOC)cc1)C(C)C. The van der Waals surface area contributed by atoms with Crippen LogP contribution in [-0.4, -0.2) is 51.8 Å². The van der Waals surface area contributed by atoms with E-state index in [4.69, 9.17) is 4.74 Å². The fourth-order valence-electron chi connectivity index (χ4n) is 2.32. The first kappa shape index (κ1) is 18.5. The molecule has 0 unspecified atom stereocenters. The first-order chi connectivity index (χ1) is 10.6. The molecule has 0 saturated carbocycles. The molecule has 1 aromatic carbocycles. The van der Waals surface area contributed by atoms with Gasteiger partial charge in [0, 0.05) is 50.6 Å². The number of hydrogen-bond donors (Lipinski definition) is 2. The number of carbonyl (C=O) groups excluding carboxylic acids is 1. The molecule has 0 bridgehead atoms. The predicted octanol–water partition coefficient (Wildman–Crippen LogP) is 1.89. The van der Waals surface area contributed by atoms with Crippen molar-refractivity contribution in [2.45, 2.75) is 26.8 Å². The summed E-state index contributed by atoms with van der Waals surface area (Å²) in [5.74, 6) is -0.0345. The van der Waals surface area contributed by atoms with Gasteiger partial charge in [-0.2, -0.15) is 0 Å². The summed E-state index contributed by atoms with van der Waals surface area (Å²) in [5.41, 5.74) is 1.84. The largest absolute Gasteiger partial charge is 0.383 e. The summed E-state index contributed by atoms with van der Waals surface area (Å²) in [5, 5.41) is 6.10. The van der Waals surface area contributed by atoms with Crippen molar-refractivity contribution >= 4 is 11.6 Å². The Morgan fingerprint density at radius 2 is 1.86 bits per heavy atom. The van der Waals surface area contributed by atoms with Crippen molar-refractivity contribution in [1.82, 2.24) is 10.6 Å². The highest BCUT2D eigenvalue weighted by Gasteiger charge is 2.09. The molecule has 1 rings (SSSR count). The molecule has 0 radical (unpaired) electrons. The third kappa shape index (κ3) is 6.03. The van der Waals surface area contributed by atoms with Gasteiger partial charge in [-0.3, -0.25) is 4.79 Å². The molecule has 0 aliphatic rings. The molecule has 0 aliphatic heterocycles. The number of carbonyl (C=O) groups is 1. The molecule has 0 aliphatic carbocycles. The second-order valence-corrected chi connectivity index (χ2v) is 5.43. The summed E-state index contributed by atoms with van der Waals surface area (Å²) in [6, 6.07) is 8.23. The van der Waals surface area contributed by atoms with Crippen LogP contribution in [0.4, 0.5) is 5.69 Å². The second-order valence-electron chi connectivity index (χ2n) is 5.43. The zero-order valence-electron chi connectivity index (χ0n) is 14.2. The quantitative estimate of drug-likeness (QED) is 0.648. The molecule has 5 heteroatoms. The number of nitrogens with zero attached hydrogens (tertiary/aromatic N) is 1. The first-order valence-corrected chi connectivity index (χ1v) is 7.94. The Morgan fingerprint density at radius 3 is 2.41 bits per heavy atom. The van der Waals surface area contributed by atoms with Crippen LogP contribution in [0.15, 0.2) is 24.3 Å². The standard InChI is InChI=1S/C17H29N3O2/c1-5-20(14(2)3)16-8-6-15(7-9-16)17(21)19-11-10-18-12-13-22-4/h6-9,14,18H,5,10-13H2,1-4H3,(H,19,21). The predicted molar refractivity (Wildman–Crippen MR) is 91.7 cm³/mol. The van der Waals surface area contributed by atoms with Crippen molar-refractivity contribution in [2.75, 3.05) is 44.8 Å². The summed E-state index contributed by atoms with van der Waals surface area (Å²) in [6.07, 6.45) is 0. The smallest absolute Gasteiger partial charge is 0.251 e. The van der Waals surface area contributed by atoms with E-state index >= 15 is 0 Å². The fraction of sp³-hybridized carbons (Fsp3) is 0.588. The van der Waals surface area contributed by atoms with Crippen LogP contribution in [-0.2, 0) is 4.74 Å². The van der Waals surface area contributed by atoms with E-state index in [9.17, 15) is 4.79 Å². The molecular weight excluding hydrogens is 278 g/mol. The van der Waals surface area contributed by atoms with Crippen molar-refractivity contribution in [1.29, 1.82) is 0 Å². The highest BCUT2D eigenvalue weighted by Crippen LogP contribution is 2.17. The number of hydrogen-bond acceptors (Lipinski definition) is 4. The maximum absolute atomic E-state index is 12.0. The van der Waals surface area contributed by atoms with Gasteiger partial charge < -0.3 is 20.3 Å². The lowest BCUT2D eigenvalue weighted by Gasteiger charge is -2.27. The normalized spacial score (nSPS) is 10.8. The molecule has 1 amide bonds. The van der Waals surface area contributed by atoms with Gasteiger partial charge in [0.2, 0.25) is 0 Å². The van der Waals surface area contributed by atoms with Crippen molar-refractivity contribution < 1.29 is 9.53 Å². The Morgan fingerprint density at radius 1 is 1.18 bits per heavy atom. The van der Waals surface area contributed by atoms with Gasteiger partial charge in [-0.25, -0.2) is 0 Å². The third-order valence-corrected chi connectivity index (χ3v) is 3.50. The number of rotatable bonds is 10. The topological polar surface area (TPSA) is 53.6 Å². The van der Waals surface area contributed by atoms with Crippen molar-refractivity contribution in [3.8, 4) is 0 Å². The van der Waals surface area contributed by atoms with E-state index in [1.54, 1.807) is 7.11 Å². The van der Waals surface area contributed by atoms with E-state index in [2.05, 4.69) is 36.3 Å². The molecule has 0 aromatic heterocycles. The zero-order valence-corrected chi connectivity index (χ0v) is 14.2. The molecular formula is C17H29N3O2. The minimum atomic E-state index is -0.0345. The van der Waals surface area contributed by atoms with Gasteiger partial charge in [0.1, 0.15) is 0 Å². The molecule has 124 valence electrons. The molecule has 1 aromatic rings. The van der Waals surface area contributed by atoms with Gasteiger partial charge in [-0.1, -0.05) is 0 Å². The number of ether oxygens (including phenoxy) is 1. The van der Waals surface area contributed by atoms with Gasteiger partial charge in [-0.15, -0.1) is 0 Å². The number of nitrogens with one attached hydrogen (secondary N) is 2. The number of anilines is 1. The Kier molecular flexibility index (Phi) is 8.55. The summed E-state index contributed by atoms with van der Waals surface area (Å²) < 4.78 is 4.94. The van der Waals surface area contributed by atoms with Crippen molar-refractivity contribution in [3.63, 3.8) is 0 Å². The van der Waals surface area contributed by atoms with Gasteiger partial charge in [0.15, 0.2) is 0 Å². The summed E-state index contributed by atoms with van der Waals surface area (Å²) in [7, 11) is 1.67. The van der Waals surface area contributed by atoms with Crippen LogP contribution in [0.5, 0.6) is 0 Å². The van der Waals surface area contributed by atoms with Crippen molar-refractivity contribution in [3.05, 3.63) is 29.8 Å². The van der Waals surface area contributed by atoms with E-state index in [-0.39, 0.29) is 5.91 Å². The number of amides is 1. The van der Waals surface area contributed by atoms with E-state index in [1.165, 1.54) is 0 Å². The maximum Gasteiger partial charge on any atom is 0.251 e.